The molecule has 0 aliphatic heterocycles. The Kier molecular flexibility index (Phi) is 5.49. The lowest BCUT2D eigenvalue weighted by Crippen LogP contribution is -2.32. The van der Waals surface area contributed by atoms with Gasteiger partial charge in [-0.3, -0.25) is 9.59 Å². The van der Waals surface area contributed by atoms with Crippen LogP contribution in [0.4, 0.5) is 5.69 Å². The Hall–Kier alpha value is -2.40. The van der Waals surface area contributed by atoms with Crippen LogP contribution in [0.1, 0.15) is 31.4 Å². The molecule has 0 bridgehead atoms. The normalized spacial score (nSPS) is 11.9. The molecule has 116 valence electrons. The number of rotatable bonds is 6. The van der Waals surface area contributed by atoms with Crippen molar-refractivity contribution in [1.82, 2.24) is 4.57 Å². The Morgan fingerprint density at radius 3 is 2.55 bits per heavy atom. The number of carbonyl (C=O) groups is 1. The van der Waals surface area contributed by atoms with E-state index in [1.165, 1.54) is 10.6 Å². The van der Waals surface area contributed by atoms with Crippen molar-refractivity contribution in [1.29, 1.82) is 0 Å². The molecule has 1 aromatic carbocycles. The molecule has 0 radical (unpaired) electrons. The van der Waals surface area contributed by atoms with Crippen LogP contribution in [0.25, 0.3) is 0 Å². The predicted octanol–water partition coefficient (Wildman–Crippen LogP) is 2.29. The van der Waals surface area contributed by atoms with E-state index in [2.05, 4.69) is 5.32 Å². The van der Waals surface area contributed by atoms with Crippen molar-refractivity contribution >= 4 is 11.6 Å². The van der Waals surface area contributed by atoms with Gasteiger partial charge in [0.2, 0.25) is 5.91 Å². The second-order valence-corrected chi connectivity index (χ2v) is 5.14. The standard InChI is InChI=1S/C17H21N3O2/c1-2-5-15(20-11-4-3-6-16(20)21)17(22)19-14-9-7-13(12-18)8-10-14/h3-4,6-11,15H,2,5,12,18H2,1H3,(H,19,22). The zero-order valence-corrected chi connectivity index (χ0v) is 12.7. The van der Waals surface area contributed by atoms with Gasteiger partial charge < -0.3 is 15.6 Å². The van der Waals surface area contributed by atoms with Crippen LogP contribution in [0.5, 0.6) is 0 Å². The average Bonchev–Trinajstić information content (AvgIpc) is 2.54. The first kappa shape index (κ1) is 16.0. The third kappa shape index (κ3) is 3.83. The van der Waals surface area contributed by atoms with Crippen molar-refractivity contribution in [2.45, 2.75) is 32.4 Å². The molecule has 1 aromatic heterocycles. The summed E-state index contributed by atoms with van der Waals surface area (Å²) in [6.45, 7) is 2.45. The molecule has 1 atom stereocenters. The molecule has 1 unspecified atom stereocenters. The van der Waals surface area contributed by atoms with E-state index >= 15 is 0 Å². The number of nitrogens with zero attached hydrogens (tertiary/aromatic N) is 1. The Bertz CT molecular complexity index is 677. The summed E-state index contributed by atoms with van der Waals surface area (Å²) in [4.78, 5) is 24.5. The molecule has 0 saturated heterocycles. The highest BCUT2D eigenvalue weighted by molar-refractivity contribution is 5.93. The fourth-order valence-electron chi connectivity index (χ4n) is 2.32. The van der Waals surface area contributed by atoms with Crippen LogP contribution < -0.4 is 16.6 Å². The first-order chi connectivity index (χ1) is 10.7. The number of anilines is 1. The lowest BCUT2D eigenvalue weighted by Gasteiger charge is -2.18. The molecule has 3 N–H and O–H groups in total. The average molecular weight is 299 g/mol. The minimum absolute atomic E-state index is 0.172. The zero-order valence-electron chi connectivity index (χ0n) is 12.7. The van der Waals surface area contributed by atoms with Gasteiger partial charge in [-0.25, -0.2) is 0 Å². The quantitative estimate of drug-likeness (QED) is 0.859. The number of amides is 1. The van der Waals surface area contributed by atoms with Crippen LogP contribution in [0.3, 0.4) is 0 Å². The fraction of sp³-hybridized carbons (Fsp3) is 0.294. The highest BCUT2D eigenvalue weighted by Crippen LogP contribution is 2.16. The maximum absolute atomic E-state index is 12.5. The third-order valence-electron chi connectivity index (χ3n) is 3.51. The summed E-state index contributed by atoms with van der Waals surface area (Å²) in [5.41, 5.74) is 7.09. The summed E-state index contributed by atoms with van der Waals surface area (Å²) in [5, 5.41) is 2.86. The highest BCUT2D eigenvalue weighted by Gasteiger charge is 2.20. The molecule has 2 rings (SSSR count). The topological polar surface area (TPSA) is 77.1 Å². The van der Waals surface area contributed by atoms with Crippen molar-refractivity contribution in [3.05, 3.63) is 64.6 Å². The highest BCUT2D eigenvalue weighted by atomic mass is 16.2. The minimum atomic E-state index is -0.507. The van der Waals surface area contributed by atoms with Gasteiger partial charge >= 0.3 is 0 Å². The Morgan fingerprint density at radius 1 is 1.23 bits per heavy atom. The largest absolute Gasteiger partial charge is 0.326 e. The van der Waals surface area contributed by atoms with Gasteiger partial charge in [0, 0.05) is 24.5 Å². The summed E-state index contributed by atoms with van der Waals surface area (Å²) in [7, 11) is 0. The second kappa shape index (κ2) is 7.56. The molecule has 22 heavy (non-hydrogen) atoms. The van der Waals surface area contributed by atoms with Crippen LogP contribution in [0.2, 0.25) is 0 Å². The first-order valence-electron chi connectivity index (χ1n) is 7.42. The van der Waals surface area contributed by atoms with Gasteiger partial charge in [0.1, 0.15) is 6.04 Å². The van der Waals surface area contributed by atoms with E-state index in [1.54, 1.807) is 18.3 Å². The molecular weight excluding hydrogens is 278 g/mol. The Morgan fingerprint density at radius 2 is 1.95 bits per heavy atom. The van der Waals surface area contributed by atoms with Crippen molar-refractivity contribution in [3.8, 4) is 0 Å². The number of aromatic nitrogens is 1. The number of hydrogen-bond acceptors (Lipinski definition) is 3. The second-order valence-electron chi connectivity index (χ2n) is 5.14. The van der Waals surface area contributed by atoms with E-state index in [4.69, 9.17) is 5.73 Å². The Balaban J connectivity index is 2.19. The van der Waals surface area contributed by atoms with Gasteiger partial charge in [-0.05, 0) is 30.2 Å². The van der Waals surface area contributed by atoms with E-state index in [9.17, 15) is 9.59 Å². The number of carbonyl (C=O) groups excluding carboxylic acids is 1. The van der Waals surface area contributed by atoms with Crippen molar-refractivity contribution in [2.24, 2.45) is 5.73 Å². The summed E-state index contributed by atoms with van der Waals surface area (Å²) >= 11 is 0. The summed E-state index contributed by atoms with van der Waals surface area (Å²) in [6.07, 6.45) is 3.07. The van der Waals surface area contributed by atoms with E-state index in [1.807, 2.05) is 31.2 Å². The van der Waals surface area contributed by atoms with Crippen molar-refractivity contribution < 1.29 is 4.79 Å². The van der Waals surface area contributed by atoms with E-state index in [-0.39, 0.29) is 11.5 Å². The summed E-state index contributed by atoms with van der Waals surface area (Å²) in [6, 6.07) is 11.8. The Labute approximate surface area is 129 Å². The fourth-order valence-corrected chi connectivity index (χ4v) is 2.32. The zero-order chi connectivity index (χ0) is 15.9. The maximum Gasteiger partial charge on any atom is 0.251 e. The van der Waals surface area contributed by atoms with Gasteiger partial charge in [-0.1, -0.05) is 31.5 Å². The molecule has 0 fully saturated rings. The van der Waals surface area contributed by atoms with Crippen molar-refractivity contribution in [2.75, 3.05) is 5.32 Å². The predicted molar refractivity (Wildman–Crippen MR) is 87.6 cm³/mol. The number of pyridine rings is 1. The minimum Gasteiger partial charge on any atom is -0.326 e. The van der Waals surface area contributed by atoms with Gasteiger partial charge in [-0.15, -0.1) is 0 Å². The monoisotopic (exact) mass is 299 g/mol. The van der Waals surface area contributed by atoms with Gasteiger partial charge in [0.05, 0.1) is 0 Å². The van der Waals surface area contributed by atoms with Gasteiger partial charge in [-0.2, -0.15) is 0 Å². The van der Waals surface area contributed by atoms with Crippen molar-refractivity contribution in [3.63, 3.8) is 0 Å². The van der Waals surface area contributed by atoms with Crippen LogP contribution in [-0.4, -0.2) is 10.5 Å². The molecule has 5 heteroatoms. The maximum atomic E-state index is 12.5. The number of benzene rings is 1. The van der Waals surface area contributed by atoms with E-state index in [0.717, 1.165) is 12.0 Å². The molecule has 0 saturated carbocycles. The van der Waals surface area contributed by atoms with E-state index in [0.29, 0.717) is 18.7 Å². The van der Waals surface area contributed by atoms with Crippen LogP contribution in [-0.2, 0) is 11.3 Å². The van der Waals surface area contributed by atoms with Gasteiger partial charge in [0.15, 0.2) is 0 Å². The SMILES string of the molecule is CCCC(C(=O)Nc1ccc(CN)cc1)n1ccccc1=O. The third-order valence-corrected chi connectivity index (χ3v) is 3.51. The molecular formula is C17H21N3O2. The summed E-state index contributed by atoms with van der Waals surface area (Å²) < 4.78 is 1.48. The molecule has 1 amide bonds. The lowest BCUT2D eigenvalue weighted by atomic mass is 10.1. The lowest BCUT2D eigenvalue weighted by molar-refractivity contribution is -0.119. The smallest absolute Gasteiger partial charge is 0.251 e. The van der Waals surface area contributed by atoms with Crippen LogP contribution >= 0.6 is 0 Å². The van der Waals surface area contributed by atoms with Crippen LogP contribution in [0, 0.1) is 0 Å². The number of hydrogen-bond donors (Lipinski definition) is 2. The molecule has 2 aromatic rings. The molecule has 0 spiro atoms. The first-order valence-corrected chi connectivity index (χ1v) is 7.42. The van der Waals surface area contributed by atoms with E-state index < -0.39 is 6.04 Å². The van der Waals surface area contributed by atoms with Gasteiger partial charge in [0.25, 0.3) is 5.56 Å². The molecule has 0 aliphatic rings. The molecule has 0 aliphatic carbocycles. The molecule has 5 nitrogen and oxygen atoms in total. The summed E-state index contributed by atoms with van der Waals surface area (Å²) in [5.74, 6) is -0.185. The molecule has 1 heterocycles. The van der Waals surface area contributed by atoms with Crippen LogP contribution in [0.15, 0.2) is 53.5 Å². The number of nitrogens with two attached hydrogens (primary N) is 1. The number of nitrogens with one attached hydrogen (secondary N) is 1.